The van der Waals surface area contributed by atoms with Gasteiger partial charge in [0.05, 0.1) is 0 Å². The Balaban J connectivity index is 2.11. The number of anilines is 1. The summed E-state index contributed by atoms with van der Waals surface area (Å²) in [6.07, 6.45) is 4.37. The van der Waals surface area contributed by atoms with E-state index in [-0.39, 0.29) is 18.0 Å². The van der Waals surface area contributed by atoms with Crippen molar-refractivity contribution in [2.24, 2.45) is 5.73 Å². The molecule has 1 aliphatic heterocycles. The highest BCUT2D eigenvalue weighted by atomic mass is 16.2. The molecule has 0 aliphatic carbocycles. The van der Waals surface area contributed by atoms with Gasteiger partial charge >= 0.3 is 0 Å². The fourth-order valence-electron chi connectivity index (χ4n) is 3.24. The molecule has 0 radical (unpaired) electrons. The number of piperidine rings is 1. The molecule has 2 rings (SSSR count). The van der Waals surface area contributed by atoms with Gasteiger partial charge in [-0.25, -0.2) is 0 Å². The van der Waals surface area contributed by atoms with Gasteiger partial charge in [0, 0.05) is 43.5 Å². The summed E-state index contributed by atoms with van der Waals surface area (Å²) in [5.41, 5.74) is 7.99. The monoisotopic (exact) mass is 303 g/mol. The third-order valence-electron chi connectivity index (χ3n) is 4.53. The highest BCUT2D eigenvalue weighted by Crippen LogP contribution is 2.22. The first kappa shape index (κ1) is 16.8. The predicted molar refractivity (Wildman–Crippen MR) is 92.3 cm³/mol. The second-order valence-corrected chi connectivity index (χ2v) is 6.39. The van der Waals surface area contributed by atoms with Crippen LogP contribution in [-0.4, -0.2) is 43.0 Å². The van der Waals surface area contributed by atoms with Crippen LogP contribution < -0.4 is 10.6 Å². The molecule has 22 heavy (non-hydrogen) atoms. The summed E-state index contributed by atoms with van der Waals surface area (Å²) in [5, 5.41) is 0. The molecule has 1 aromatic rings. The Morgan fingerprint density at radius 1 is 1.36 bits per heavy atom. The Labute approximate surface area is 134 Å². The van der Waals surface area contributed by atoms with Crippen LogP contribution in [0.5, 0.6) is 0 Å². The van der Waals surface area contributed by atoms with Crippen molar-refractivity contribution in [3.63, 3.8) is 0 Å². The number of carbonyl (C=O) groups excluding carboxylic acids is 1. The third kappa shape index (κ3) is 3.80. The zero-order valence-corrected chi connectivity index (χ0v) is 14.1. The molecule has 4 heteroatoms. The summed E-state index contributed by atoms with van der Waals surface area (Å²) in [7, 11) is 2.08. The van der Waals surface area contributed by atoms with Gasteiger partial charge in [-0.05, 0) is 56.9 Å². The topological polar surface area (TPSA) is 49.6 Å². The first-order chi connectivity index (χ1) is 10.5. The number of hydrogen-bond donors (Lipinski definition) is 1. The van der Waals surface area contributed by atoms with Crippen LogP contribution in [0.3, 0.4) is 0 Å². The van der Waals surface area contributed by atoms with Gasteiger partial charge in [-0.2, -0.15) is 0 Å². The smallest absolute Gasteiger partial charge is 0.254 e. The van der Waals surface area contributed by atoms with Crippen molar-refractivity contribution in [3.05, 3.63) is 29.8 Å². The van der Waals surface area contributed by atoms with E-state index in [4.69, 9.17) is 5.73 Å². The van der Waals surface area contributed by atoms with Crippen LogP contribution in [0.4, 0.5) is 5.69 Å². The van der Waals surface area contributed by atoms with Gasteiger partial charge < -0.3 is 15.5 Å². The molecule has 1 aliphatic rings. The Hall–Kier alpha value is -1.55. The van der Waals surface area contributed by atoms with E-state index in [9.17, 15) is 4.79 Å². The summed E-state index contributed by atoms with van der Waals surface area (Å²) in [4.78, 5) is 17.0. The van der Waals surface area contributed by atoms with Crippen LogP contribution in [0.25, 0.3) is 0 Å². The Morgan fingerprint density at radius 2 is 2.05 bits per heavy atom. The average Bonchev–Trinajstić information content (AvgIpc) is 2.54. The van der Waals surface area contributed by atoms with Crippen LogP contribution in [0.2, 0.25) is 0 Å². The van der Waals surface area contributed by atoms with Crippen molar-refractivity contribution in [1.29, 1.82) is 0 Å². The minimum absolute atomic E-state index is 0.0270. The summed E-state index contributed by atoms with van der Waals surface area (Å²) in [6.45, 7) is 6.01. The molecule has 2 N–H and O–H groups in total. The molecule has 0 aromatic heterocycles. The quantitative estimate of drug-likeness (QED) is 0.910. The van der Waals surface area contributed by atoms with Crippen molar-refractivity contribution < 1.29 is 4.79 Å². The van der Waals surface area contributed by atoms with E-state index in [1.807, 2.05) is 36.1 Å². The van der Waals surface area contributed by atoms with Crippen LogP contribution in [0, 0.1) is 0 Å². The second-order valence-electron chi connectivity index (χ2n) is 6.39. The number of amides is 1. The molecule has 2 atom stereocenters. The second kappa shape index (κ2) is 7.63. The summed E-state index contributed by atoms with van der Waals surface area (Å²) < 4.78 is 0. The minimum Gasteiger partial charge on any atom is -0.375 e. The van der Waals surface area contributed by atoms with Crippen molar-refractivity contribution in [2.45, 2.75) is 51.6 Å². The predicted octanol–water partition coefficient (Wildman–Crippen LogP) is 2.87. The third-order valence-corrected chi connectivity index (χ3v) is 4.53. The molecule has 2 unspecified atom stereocenters. The highest BCUT2D eigenvalue weighted by Gasteiger charge is 2.29. The summed E-state index contributed by atoms with van der Waals surface area (Å²) >= 11 is 0. The Kier molecular flexibility index (Phi) is 5.83. The zero-order chi connectivity index (χ0) is 16.1. The number of likely N-dealkylation sites (tertiary alicyclic amines) is 1. The number of rotatable bonds is 5. The fraction of sp³-hybridized carbons (Fsp3) is 0.611. The van der Waals surface area contributed by atoms with E-state index >= 15 is 0 Å². The van der Waals surface area contributed by atoms with Crippen molar-refractivity contribution in [2.75, 3.05) is 25.0 Å². The van der Waals surface area contributed by atoms with E-state index in [2.05, 4.69) is 18.9 Å². The maximum Gasteiger partial charge on any atom is 0.254 e. The molecule has 1 heterocycles. The molecule has 1 aromatic carbocycles. The van der Waals surface area contributed by atoms with Gasteiger partial charge in [0.2, 0.25) is 0 Å². The number of hydrogen-bond acceptors (Lipinski definition) is 3. The van der Waals surface area contributed by atoms with E-state index in [1.54, 1.807) is 0 Å². The maximum absolute atomic E-state index is 12.8. The van der Waals surface area contributed by atoms with Gasteiger partial charge in [0.15, 0.2) is 0 Å². The standard InChI is InChI=1S/C18H29N3O/c1-4-12-20(3)16-10-8-15(9-11-16)18(22)21-13-6-5-7-17(21)14(2)19/h8-11,14,17H,4-7,12-13,19H2,1-3H3. The van der Waals surface area contributed by atoms with E-state index in [1.165, 1.54) is 0 Å². The normalized spacial score (nSPS) is 19.8. The van der Waals surface area contributed by atoms with E-state index in [0.717, 1.165) is 50.0 Å². The van der Waals surface area contributed by atoms with Gasteiger partial charge in [-0.1, -0.05) is 6.92 Å². The van der Waals surface area contributed by atoms with E-state index < -0.39 is 0 Å². The van der Waals surface area contributed by atoms with Crippen molar-refractivity contribution in [3.8, 4) is 0 Å². The molecule has 1 fully saturated rings. The lowest BCUT2D eigenvalue weighted by Crippen LogP contribution is -2.51. The lowest BCUT2D eigenvalue weighted by Gasteiger charge is -2.38. The lowest BCUT2D eigenvalue weighted by atomic mass is 9.96. The molecular formula is C18H29N3O. The Bertz CT molecular complexity index is 484. The van der Waals surface area contributed by atoms with Crippen LogP contribution in [-0.2, 0) is 0 Å². The van der Waals surface area contributed by atoms with Crippen LogP contribution in [0.15, 0.2) is 24.3 Å². The fourth-order valence-corrected chi connectivity index (χ4v) is 3.24. The maximum atomic E-state index is 12.8. The van der Waals surface area contributed by atoms with Crippen molar-refractivity contribution >= 4 is 11.6 Å². The molecule has 0 spiro atoms. The molecule has 1 saturated heterocycles. The zero-order valence-electron chi connectivity index (χ0n) is 14.1. The molecule has 1 amide bonds. The molecule has 0 saturated carbocycles. The number of carbonyl (C=O) groups is 1. The van der Waals surface area contributed by atoms with Gasteiger partial charge in [0.25, 0.3) is 5.91 Å². The number of benzene rings is 1. The number of nitrogens with two attached hydrogens (primary N) is 1. The van der Waals surface area contributed by atoms with Crippen LogP contribution >= 0.6 is 0 Å². The molecular weight excluding hydrogens is 274 g/mol. The van der Waals surface area contributed by atoms with Gasteiger partial charge in [0.1, 0.15) is 0 Å². The van der Waals surface area contributed by atoms with Crippen molar-refractivity contribution in [1.82, 2.24) is 4.90 Å². The first-order valence-corrected chi connectivity index (χ1v) is 8.42. The number of nitrogens with zero attached hydrogens (tertiary/aromatic N) is 2. The SMILES string of the molecule is CCCN(C)c1ccc(C(=O)N2CCCCC2C(C)N)cc1. The summed E-state index contributed by atoms with van der Waals surface area (Å²) in [5.74, 6) is 0.117. The van der Waals surface area contributed by atoms with Crippen LogP contribution in [0.1, 0.15) is 49.9 Å². The molecule has 122 valence electrons. The average molecular weight is 303 g/mol. The lowest BCUT2D eigenvalue weighted by molar-refractivity contribution is 0.0584. The van der Waals surface area contributed by atoms with E-state index in [0.29, 0.717) is 0 Å². The Morgan fingerprint density at radius 3 is 2.64 bits per heavy atom. The minimum atomic E-state index is 0.0270. The van der Waals surface area contributed by atoms with Gasteiger partial charge in [-0.3, -0.25) is 4.79 Å². The first-order valence-electron chi connectivity index (χ1n) is 8.42. The largest absolute Gasteiger partial charge is 0.375 e. The molecule has 4 nitrogen and oxygen atoms in total. The molecule has 0 bridgehead atoms. The summed E-state index contributed by atoms with van der Waals surface area (Å²) in [6, 6.07) is 8.15. The highest BCUT2D eigenvalue weighted by molar-refractivity contribution is 5.95. The van der Waals surface area contributed by atoms with Gasteiger partial charge in [-0.15, -0.1) is 0 Å².